The molecule has 3 rings (SSSR count). The molecule has 0 saturated carbocycles. The molecule has 0 bridgehead atoms. The molecule has 1 aromatic heterocycles. The van der Waals surface area contributed by atoms with Crippen LogP contribution in [0.15, 0.2) is 64.1 Å². The van der Waals surface area contributed by atoms with Crippen LogP contribution in [-0.4, -0.2) is 22.4 Å². The van der Waals surface area contributed by atoms with Crippen molar-refractivity contribution in [2.45, 2.75) is 0 Å². The molecule has 6 nitrogen and oxygen atoms in total. The summed E-state index contributed by atoms with van der Waals surface area (Å²) in [7, 11) is 0. The molecular weight excluding hydrogens is 344 g/mol. The van der Waals surface area contributed by atoms with Crippen molar-refractivity contribution in [2.24, 2.45) is 5.10 Å². The summed E-state index contributed by atoms with van der Waals surface area (Å²) in [6.07, 6.45) is 1.46. The lowest BCUT2D eigenvalue weighted by Gasteiger charge is -2.03. The second-order valence-corrected chi connectivity index (χ2v) is 5.56. The normalized spacial score (nSPS) is 10.9. The number of rotatable bonds is 5. The van der Waals surface area contributed by atoms with Gasteiger partial charge in [0, 0.05) is 10.6 Å². The van der Waals surface area contributed by atoms with E-state index in [-0.39, 0.29) is 11.3 Å². The fourth-order valence-electron chi connectivity index (χ4n) is 2.17. The Balaban J connectivity index is 1.71. The Labute approximate surface area is 148 Å². The summed E-state index contributed by atoms with van der Waals surface area (Å²) >= 11 is 5.96. The summed E-state index contributed by atoms with van der Waals surface area (Å²) in [5.41, 5.74) is 3.76. The number of furan rings is 1. The SMILES string of the molecule is O=C(O)c1cc(NN=Cc2ccc(-c3cccc(Cl)c3)o2)ccc1O. The second-order valence-electron chi connectivity index (χ2n) is 5.12. The molecule has 0 spiro atoms. The van der Waals surface area contributed by atoms with Crippen molar-refractivity contribution in [3.8, 4) is 17.1 Å². The maximum atomic E-state index is 11.0. The van der Waals surface area contributed by atoms with E-state index in [0.717, 1.165) is 5.56 Å². The molecule has 0 aliphatic heterocycles. The minimum absolute atomic E-state index is 0.207. The number of carbonyl (C=O) groups is 1. The van der Waals surface area contributed by atoms with E-state index in [1.165, 1.54) is 24.4 Å². The van der Waals surface area contributed by atoms with E-state index >= 15 is 0 Å². The number of hydrogen-bond acceptors (Lipinski definition) is 5. The number of benzene rings is 2. The summed E-state index contributed by atoms with van der Waals surface area (Å²) in [4.78, 5) is 11.0. The van der Waals surface area contributed by atoms with Crippen LogP contribution < -0.4 is 5.43 Å². The fraction of sp³-hybridized carbons (Fsp3) is 0. The molecule has 1 heterocycles. The van der Waals surface area contributed by atoms with Gasteiger partial charge in [-0.05, 0) is 42.5 Å². The van der Waals surface area contributed by atoms with E-state index in [4.69, 9.17) is 21.1 Å². The van der Waals surface area contributed by atoms with Gasteiger partial charge >= 0.3 is 5.97 Å². The number of phenols is 1. The molecular formula is C18H13ClN2O4. The number of halogens is 1. The molecule has 3 N–H and O–H groups in total. The Bertz CT molecular complexity index is 950. The van der Waals surface area contributed by atoms with Crippen LogP contribution in [0.1, 0.15) is 16.1 Å². The lowest BCUT2D eigenvalue weighted by atomic mass is 10.2. The van der Waals surface area contributed by atoms with E-state index in [9.17, 15) is 9.90 Å². The van der Waals surface area contributed by atoms with Gasteiger partial charge in [0.1, 0.15) is 22.8 Å². The van der Waals surface area contributed by atoms with Crippen molar-refractivity contribution in [3.05, 3.63) is 70.9 Å². The third kappa shape index (κ3) is 3.99. The number of carboxylic acids is 1. The van der Waals surface area contributed by atoms with Gasteiger partial charge < -0.3 is 14.6 Å². The second kappa shape index (κ2) is 7.11. The number of aromatic hydroxyl groups is 1. The van der Waals surface area contributed by atoms with E-state index < -0.39 is 5.97 Å². The molecule has 0 amide bonds. The van der Waals surface area contributed by atoms with Gasteiger partial charge in [-0.3, -0.25) is 5.43 Å². The van der Waals surface area contributed by atoms with Gasteiger partial charge in [-0.25, -0.2) is 4.79 Å². The number of aromatic carboxylic acids is 1. The molecule has 0 radical (unpaired) electrons. The molecule has 0 atom stereocenters. The van der Waals surface area contributed by atoms with Crippen LogP contribution in [0.25, 0.3) is 11.3 Å². The predicted molar refractivity (Wildman–Crippen MR) is 95.4 cm³/mol. The van der Waals surface area contributed by atoms with Crippen LogP contribution in [-0.2, 0) is 0 Å². The zero-order chi connectivity index (χ0) is 17.8. The van der Waals surface area contributed by atoms with Crippen LogP contribution in [0.3, 0.4) is 0 Å². The highest BCUT2D eigenvalue weighted by Gasteiger charge is 2.09. The molecule has 3 aromatic rings. The highest BCUT2D eigenvalue weighted by molar-refractivity contribution is 6.30. The third-order valence-corrected chi connectivity index (χ3v) is 3.58. The first-order valence-corrected chi connectivity index (χ1v) is 7.62. The van der Waals surface area contributed by atoms with Gasteiger partial charge in [0.05, 0.1) is 11.9 Å². The third-order valence-electron chi connectivity index (χ3n) is 3.35. The molecule has 7 heteroatoms. The Morgan fingerprint density at radius 2 is 2.00 bits per heavy atom. The number of anilines is 1. The number of carboxylic acid groups (broad SMARTS) is 1. The monoisotopic (exact) mass is 356 g/mol. The molecule has 2 aromatic carbocycles. The first-order valence-electron chi connectivity index (χ1n) is 7.24. The van der Waals surface area contributed by atoms with Crippen molar-refractivity contribution in [2.75, 3.05) is 5.43 Å². The van der Waals surface area contributed by atoms with E-state index in [2.05, 4.69) is 10.5 Å². The molecule has 25 heavy (non-hydrogen) atoms. The zero-order valence-corrected chi connectivity index (χ0v) is 13.6. The Kier molecular flexibility index (Phi) is 4.72. The molecule has 0 fully saturated rings. The fourth-order valence-corrected chi connectivity index (χ4v) is 2.36. The van der Waals surface area contributed by atoms with Crippen molar-refractivity contribution >= 4 is 29.5 Å². The molecule has 0 saturated heterocycles. The number of hydrogen-bond donors (Lipinski definition) is 3. The van der Waals surface area contributed by atoms with Crippen LogP contribution in [0.5, 0.6) is 5.75 Å². The lowest BCUT2D eigenvalue weighted by molar-refractivity contribution is 0.0694. The number of nitrogens with one attached hydrogen (secondary N) is 1. The van der Waals surface area contributed by atoms with Crippen molar-refractivity contribution < 1.29 is 19.4 Å². The van der Waals surface area contributed by atoms with Crippen molar-refractivity contribution in [1.82, 2.24) is 0 Å². The smallest absolute Gasteiger partial charge is 0.339 e. The summed E-state index contributed by atoms with van der Waals surface area (Å²) in [5, 5.41) is 23.1. The topological polar surface area (TPSA) is 95.1 Å². The average molecular weight is 357 g/mol. The van der Waals surface area contributed by atoms with Gasteiger partial charge in [-0.15, -0.1) is 0 Å². The number of nitrogens with zero attached hydrogens (tertiary/aromatic N) is 1. The predicted octanol–water partition coefficient (Wildman–Crippen LogP) is 4.45. The van der Waals surface area contributed by atoms with Crippen LogP contribution >= 0.6 is 11.6 Å². The Morgan fingerprint density at radius 3 is 2.76 bits per heavy atom. The van der Waals surface area contributed by atoms with Gasteiger partial charge in [-0.1, -0.05) is 23.7 Å². The van der Waals surface area contributed by atoms with Crippen molar-refractivity contribution in [3.63, 3.8) is 0 Å². The molecule has 126 valence electrons. The van der Waals surface area contributed by atoms with Gasteiger partial charge in [0.2, 0.25) is 0 Å². The Hall–Kier alpha value is -3.25. The molecule has 0 unspecified atom stereocenters. The first-order chi connectivity index (χ1) is 12.0. The van der Waals surface area contributed by atoms with Gasteiger partial charge in [0.25, 0.3) is 0 Å². The average Bonchev–Trinajstić information content (AvgIpc) is 3.05. The maximum Gasteiger partial charge on any atom is 0.339 e. The van der Waals surface area contributed by atoms with E-state index in [1.54, 1.807) is 24.3 Å². The quantitative estimate of drug-likeness (QED) is 0.356. The van der Waals surface area contributed by atoms with Crippen LogP contribution in [0.2, 0.25) is 5.02 Å². The van der Waals surface area contributed by atoms with Gasteiger partial charge in [0.15, 0.2) is 0 Å². The lowest BCUT2D eigenvalue weighted by Crippen LogP contribution is -1.98. The zero-order valence-electron chi connectivity index (χ0n) is 12.8. The van der Waals surface area contributed by atoms with E-state index in [0.29, 0.717) is 22.2 Å². The summed E-state index contributed by atoms with van der Waals surface area (Å²) in [5.74, 6) is -0.358. The molecule has 0 aliphatic carbocycles. The molecule has 0 aliphatic rings. The van der Waals surface area contributed by atoms with E-state index in [1.807, 2.05) is 12.1 Å². The highest BCUT2D eigenvalue weighted by atomic mass is 35.5. The minimum atomic E-state index is -1.22. The summed E-state index contributed by atoms with van der Waals surface area (Å²) in [6.45, 7) is 0. The van der Waals surface area contributed by atoms with Crippen LogP contribution in [0, 0.1) is 0 Å². The largest absolute Gasteiger partial charge is 0.507 e. The first kappa shape index (κ1) is 16.6. The summed E-state index contributed by atoms with van der Waals surface area (Å²) < 4.78 is 5.66. The highest BCUT2D eigenvalue weighted by Crippen LogP contribution is 2.24. The standard InChI is InChI=1S/C18H13ClN2O4/c19-12-3-1-2-11(8-12)17-7-5-14(25-17)10-20-21-13-4-6-16(22)15(9-13)18(23)24/h1-10,21-22H,(H,23,24). The summed E-state index contributed by atoms with van der Waals surface area (Å²) in [6, 6.07) is 14.9. The number of hydrazone groups is 1. The Morgan fingerprint density at radius 1 is 1.16 bits per heavy atom. The van der Waals surface area contributed by atoms with Crippen molar-refractivity contribution in [1.29, 1.82) is 0 Å². The maximum absolute atomic E-state index is 11.0. The minimum Gasteiger partial charge on any atom is -0.507 e. The van der Waals surface area contributed by atoms with Gasteiger partial charge in [-0.2, -0.15) is 5.10 Å². The van der Waals surface area contributed by atoms with Crippen LogP contribution in [0.4, 0.5) is 5.69 Å².